The van der Waals surface area contributed by atoms with Crippen LogP contribution in [0.2, 0.25) is 0 Å². The Labute approximate surface area is 116 Å². The van der Waals surface area contributed by atoms with Crippen molar-refractivity contribution in [2.75, 3.05) is 26.7 Å². The molecule has 0 spiro atoms. The van der Waals surface area contributed by atoms with Gasteiger partial charge in [0.1, 0.15) is 5.75 Å². The molecule has 0 amide bonds. The zero-order valence-corrected chi connectivity index (χ0v) is 12.2. The van der Waals surface area contributed by atoms with Gasteiger partial charge in [0.2, 0.25) is 0 Å². The fourth-order valence-corrected chi connectivity index (χ4v) is 2.91. The summed E-state index contributed by atoms with van der Waals surface area (Å²) in [5.74, 6) is 1.63. The van der Waals surface area contributed by atoms with Gasteiger partial charge in [0, 0.05) is 13.1 Å². The second kappa shape index (κ2) is 6.40. The molecule has 0 radical (unpaired) electrons. The molecule has 1 aromatic rings. The summed E-state index contributed by atoms with van der Waals surface area (Å²) < 4.78 is 5.25. The number of hydrogen-bond acceptors (Lipinski definition) is 3. The van der Waals surface area contributed by atoms with Crippen LogP contribution in [0, 0.1) is 12.8 Å². The van der Waals surface area contributed by atoms with Gasteiger partial charge in [0.05, 0.1) is 13.2 Å². The lowest BCUT2D eigenvalue weighted by molar-refractivity contribution is 0.0875. The van der Waals surface area contributed by atoms with E-state index in [-0.39, 0.29) is 0 Å². The Balaban J connectivity index is 1.99. The molecule has 2 unspecified atom stereocenters. The third-order valence-corrected chi connectivity index (χ3v) is 3.98. The molecule has 19 heavy (non-hydrogen) atoms. The summed E-state index contributed by atoms with van der Waals surface area (Å²) in [6, 6.07) is 5.92. The highest BCUT2D eigenvalue weighted by molar-refractivity contribution is 5.37. The molecule has 2 atom stereocenters. The SMILES string of the molecule is COc1ccc(C(O)CN2CCCC(C)C2)cc1C. The topological polar surface area (TPSA) is 32.7 Å². The highest BCUT2D eigenvalue weighted by atomic mass is 16.5. The van der Waals surface area contributed by atoms with E-state index in [9.17, 15) is 5.11 Å². The van der Waals surface area contributed by atoms with Crippen molar-refractivity contribution in [1.29, 1.82) is 0 Å². The van der Waals surface area contributed by atoms with Gasteiger partial charge in [-0.15, -0.1) is 0 Å². The summed E-state index contributed by atoms with van der Waals surface area (Å²) in [6.45, 7) is 7.24. The lowest BCUT2D eigenvalue weighted by Crippen LogP contribution is -2.37. The van der Waals surface area contributed by atoms with E-state index < -0.39 is 6.10 Å². The molecule has 0 aromatic heterocycles. The number of rotatable bonds is 4. The molecule has 1 aromatic carbocycles. The van der Waals surface area contributed by atoms with Crippen molar-refractivity contribution in [3.63, 3.8) is 0 Å². The summed E-state index contributed by atoms with van der Waals surface area (Å²) in [5, 5.41) is 10.4. The van der Waals surface area contributed by atoms with Crippen LogP contribution in [0.3, 0.4) is 0 Å². The smallest absolute Gasteiger partial charge is 0.121 e. The fourth-order valence-electron chi connectivity index (χ4n) is 2.91. The Bertz CT molecular complexity index is 419. The lowest BCUT2D eigenvalue weighted by atomic mass is 9.99. The van der Waals surface area contributed by atoms with Crippen LogP contribution in [-0.4, -0.2) is 36.8 Å². The van der Waals surface area contributed by atoms with E-state index in [1.807, 2.05) is 25.1 Å². The van der Waals surface area contributed by atoms with Gasteiger partial charge in [-0.1, -0.05) is 13.0 Å². The maximum Gasteiger partial charge on any atom is 0.121 e. The van der Waals surface area contributed by atoms with E-state index in [2.05, 4.69) is 11.8 Å². The molecule has 1 saturated heterocycles. The van der Waals surface area contributed by atoms with Crippen LogP contribution >= 0.6 is 0 Å². The maximum atomic E-state index is 10.4. The first-order valence-electron chi connectivity index (χ1n) is 7.15. The zero-order chi connectivity index (χ0) is 13.8. The van der Waals surface area contributed by atoms with Gasteiger partial charge in [-0.05, 0) is 55.5 Å². The number of aliphatic hydroxyl groups is 1. The van der Waals surface area contributed by atoms with E-state index >= 15 is 0 Å². The van der Waals surface area contributed by atoms with Crippen molar-refractivity contribution in [1.82, 2.24) is 4.90 Å². The number of nitrogens with zero attached hydrogens (tertiary/aromatic N) is 1. The summed E-state index contributed by atoms with van der Waals surface area (Å²) in [4.78, 5) is 2.37. The van der Waals surface area contributed by atoms with Crippen molar-refractivity contribution in [3.8, 4) is 5.75 Å². The average molecular weight is 263 g/mol. The number of likely N-dealkylation sites (tertiary alicyclic amines) is 1. The minimum Gasteiger partial charge on any atom is -0.496 e. The molecule has 2 rings (SSSR count). The van der Waals surface area contributed by atoms with Gasteiger partial charge in [-0.3, -0.25) is 0 Å². The second-order valence-electron chi connectivity index (χ2n) is 5.75. The molecule has 1 aliphatic rings. The van der Waals surface area contributed by atoms with Gasteiger partial charge >= 0.3 is 0 Å². The number of benzene rings is 1. The summed E-state index contributed by atoms with van der Waals surface area (Å²) in [7, 11) is 1.67. The van der Waals surface area contributed by atoms with Crippen LogP contribution in [-0.2, 0) is 0 Å². The quantitative estimate of drug-likeness (QED) is 0.906. The van der Waals surface area contributed by atoms with E-state index in [0.717, 1.165) is 42.4 Å². The van der Waals surface area contributed by atoms with Gasteiger partial charge in [0.25, 0.3) is 0 Å². The average Bonchev–Trinajstić information content (AvgIpc) is 2.38. The van der Waals surface area contributed by atoms with Crippen LogP contribution in [0.1, 0.15) is 37.0 Å². The lowest BCUT2D eigenvalue weighted by Gasteiger charge is -2.32. The van der Waals surface area contributed by atoms with Crippen molar-refractivity contribution < 1.29 is 9.84 Å². The van der Waals surface area contributed by atoms with Crippen LogP contribution in [0.5, 0.6) is 5.75 Å². The van der Waals surface area contributed by atoms with Crippen LogP contribution < -0.4 is 4.74 Å². The predicted molar refractivity (Wildman–Crippen MR) is 77.5 cm³/mol. The van der Waals surface area contributed by atoms with Crippen LogP contribution in [0.15, 0.2) is 18.2 Å². The van der Waals surface area contributed by atoms with Crippen LogP contribution in [0.4, 0.5) is 0 Å². The standard InChI is InChI=1S/C16H25NO2/c1-12-5-4-8-17(10-12)11-15(18)14-6-7-16(19-3)13(2)9-14/h6-7,9,12,15,18H,4-5,8,10-11H2,1-3H3. The normalized spacial score (nSPS) is 22.2. The van der Waals surface area contributed by atoms with Crippen molar-refractivity contribution in [2.24, 2.45) is 5.92 Å². The molecule has 3 nitrogen and oxygen atoms in total. The molecule has 1 heterocycles. The summed E-state index contributed by atoms with van der Waals surface area (Å²) in [5.41, 5.74) is 2.06. The van der Waals surface area contributed by atoms with E-state index in [1.165, 1.54) is 12.8 Å². The minimum absolute atomic E-state index is 0.407. The predicted octanol–water partition coefficient (Wildman–Crippen LogP) is 2.77. The van der Waals surface area contributed by atoms with Crippen molar-refractivity contribution >= 4 is 0 Å². The summed E-state index contributed by atoms with van der Waals surface area (Å²) in [6.07, 6.45) is 2.15. The Kier molecular flexibility index (Phi) is 4.83. The minimum atomic E-state index is -0.407. The number of aliphatic hydroxyl groups excluding tert-OH is 1. The molecule has 1 N–H and O–H groups in total. The zero-order valence-electron chi connectivity index (χ0n) is 12.2. The first kappa shape index (κ1) is 14.4. The molecule has 1 aliphatic heterocycles. The Morgan fingerprint density at radius 2 is 2.26 bits per heavy atom. The molecule has 0 saturated carbocycles. The molecule has 0 aliphatic carbocycles. The molecule has 3 heteroatoms. The molecule has 1 fully saturated rings. The van der Waals surface area contributed by atoms with Gasteiger partial charge in [-0.25, -0.2) is 0 Å². The number of aryl methyl sites for hydroxylation is 1. The first-order valence-corrected chi connectivity index (χ1v) is 7.15. The molecule has 0 bridgehead atoms. The van der Waals surface area contributed by atoms with Gasteiger partial charge in [0.15, 0.2) is 0 Å². The van der Waals surface area contributed by atoms with E-state index in [0.29, 0.717) is 0 Å². The monoisotopic (exact) mass is 263 g/mol. The summed E-state index contributed by atoms with van der Waals surface area (Å²) >= 11 is 0. The Morgan fingerprint density at radius 3 is 2.89 bits per heavy atom. The highest BCUT2D eigenvalue weighted by Gasteiger charge is 2.19. The first-order chi connectivity index (χ1) is 9.10. The Hall–Kier alpha value is -1.06. The number of ether oxygens (including phenoxy) is 1. The third kappa shape index (κ3) is 3.71. The maximum absolute atomic E-state index is 10.4. The fraction of sp³-hybridized carbons (Fsp3) is 0.625. The van der Waals surface area contributed by atoms with E-state index in [4.69, 9.17) is 4.74 Å². The van der Waals surface area contributed by atoms with Gasteiger partial charge < -0.3 is 14.7 Å². The van der Waals surface area contributed by atoms with E-state index in [1.54, 1.807) is 7.11 Å². The van der Waals surface area contributed by atoms with Crippen LogP contribution in [0.25, 0.3) is 0 Å². The molecular formula is C16H25NO2. The second-order valence-corrected chi connectivity index (χ2v) is 5.75. The number of piperidine rings is 1. The number of hydrogen-bond donors (Lipinski definition) is 1. The Morgan fingerprint density at radius 1 is 1.47 bits per heavy atom. The van der Waals surface area contributed by atoms with Gasteiger partial charge in [-0.2, -0.15) is 0 Å². The number of methoxy groups -OCH3 is 1. The molecule has 106 valence electrons. The van der Waals surface area contributed by atoms with Crippen molar-refractivity contribution in [3.05, 3.63) is 29.3 Å². The molecular weight excluding hydrogens is 238 g/mol. The third-order valence-electron chi connectivity index (χ3n) is 3.98. The largest absolute Gasteiger partial charge is 0.496 e. The highest BCUT2D eigenvalue weighted by Crippen LogP contribution is 2.24. The van der Waals surface area contributed by atoms with Crippen molar-refractivity contribution in [2.45, 2.75) is 32.8 Å². The number of β-amino-alcohol motifs (C(OH)–C–C–N with tert-alkyl or cyclic N) is 1.